The fourth-order valence-electron chi connectivity index (χ4n) is 4.27. The topological polar surface area (TPSA) is 86.6 Å². The Morgan fingerprint density at radius 1 is 1.06 bits per heavy atom. The number of ether oxygens (including phenoxy) is 3. The fourth-order valence-corrected chi connectivity index (χ4v) is 4.27. The van der Waals surface area contributed by atoms with Crippen molar-refractivity contribution in [2.24, 2.45) is 0 Å². The van der Waals surface area contributed by atoms with Crippen molar-refractivity contribution in [3.63, 3.8) is 0 Å². The Hall–Kier alpha value is -3.89. The highest BCUT2D eigenvalue weighted by Crippen LogP contribution is 2.47. The number of aryl methyl sites for hydroxylation is 2. The first-order valence-corrected chi connectivity index (χ1v) is 11.2. The van der Waals surface area contributed by atoms with Gasteiger partial charge in [-0.05, 0) is 54.8 Å². The van der Waals surface area contributed by atoms with E-state index in [2.05, 4.69) is 15.7 Å². The number of aromatic nitrogens is 2. The van der Waals surface area contributed by atoms with Crippen LogP contribution in [-0.2, 0) is 0 Å². The van der Waals surface area contributed by atoms with Gasteiger partial charge in [-0.1, -0.05) is 6.07 Å². The molecule has 1 aliphatic rings. The number of halogens is 3. The zero-order chi connectivity index (χ0) is 26.2. The van der Waals surface area contributed by atoms with Crippen LogP contribution in [0.15, 0.2) is 36.5 Å². The van der Waals surface area contributed by atoms with E-state index >= 15 is 0 Å². The largest absolute Gasteiger partial charge is 0.493 e. The molecule has 36 heavy (non-hydrogen) atoms. The molecule has 0 saturated heterocycles. The van der Waals surface area contributed by atoms with Crippen LogP contribution in [0, 0.1) is 13.8 Å². The molecule has 1 amide bonds. The Bertz CT molecular complexity index is 1260. The number of rotatable bonds is 6. The standard InChI is InChI=1S/C25H27F3N4O4/c1-13-6-7-16(8-14(13)2)30-24(33)17-12-29-32-21(25(26,27)28)11-18(31-23(17)32)15-9-19(34-3)22(36-5)20(10-15)35-4/h6-10,12,18,21,31H,11H2,1-5H3,(H,30,33)/t18-,21-/m0/s1. The van der Waals surface area contributed by atoms with Gasteiger partial charge in [0.1, 0.15) is 11.4 Å². The van der Waals surface area contributed by atoms with Crippen LogP contribution in [0.1, 0.15) is 45.6 Å². The van der Waals surface area contributed by atoms with E-state index < -0.39 is 24.2 Å². The van der Waals surface area contributed by atoms with E-state index in [-0.39, 0.29) is 17.8 Å². The third kappa shape index (κ3) is 4.65. The molecule has 0 bridgehead atoms. The van der Waals surface area contributed by atoms with Gasteiger partial charge < -0.3 is 24.8 Å². The molecule has 0 radical (unpaired) electrons. The highest BCUT2D eigenvalue weighted by Gasteiger charge is 2.47. The minimum atomic E-state index is -4.59. The van der Waals surface area contributed by atoms with Crippen LogP contribution in [0.2, 0.25) is 0 Å². The molecule has 2 N–H and O–H groups in total. The third-order valence-electron chi connectivity index (χ3n) is 6.34. The summed E-state index contributed by atoms with van der Waals surface area (Å²) >= 11 is 0. The maximum absolute atomic E-state index is 14.1. The van der Waals surface area contributed by atoms with Crippen LogP contribution < -0.4 is 24.8 Å². The molecule has 0 unspecified atom stereocenters. The second-order valence-corrected chi connectivity index (χ2v) is 8.55. The summed E-state index contributed by atoms with van der Waals surface area (Å²) in [6, 6.07) is 5.82. The summed E-state index contributed by atoms with van der Waals surface area (Å²) in [6.07, 6.45) is -3.80. The smallest absolute Gasteiger partial charge is 0.410 e. The molecule has 1 aliphatic heterocycles. The molecule has 2 atom stereocenters. The lowest BCUT2D eigenvalue weighted by molar-refractivity contribution is -0.173. The van der Waals surface area contributed by atoms with Gasteiger partial charge in [0, 0.05) is 12.1 Å². The molecule has 192 valence electrons. The number of fused-ring (bicyclic) bond motifs is 1. The van der Waals surface area contributed by atoms with Gasteiger partial charge in [0.15, 0.2) is 17.5 Å². The summed E-state index contributed by atoms with van der Waals surface area (Å²) in [4.78, 5) is 13.1. The van der Waals surface area contributed by atoms with Gasteiger partial charge in [0.05, 0.1) is 33.6 Å². The maximum Gasteiger partial charge on any atom is 0.410 e. The predicted molar refractivity (Wildman–Crippen MR) is 128 cm³/mol. The van der Waals surface area contributed by atoms with Crippen molar-refractivity contribution < 1.29 is 32.2 Å². The summed E-state index contributed by atoms with van der Waals surface area (Å²) in [6.45, 7) is 3.85. The first-order valence-electron chi connectivity index (χ1n) is 11.2. The van der Waals surface area contributed by atoms with Gasteiger partial charge in [-0.15, -0.1) is 0 Å². The predicted octanol–water partition coefficient (Wildman–Crippen LogP) is 5.44. The number of carbonyl (C=O) groups is 1. The second kappa shape index (κ2) is 9.63. The molecule has 3 aromatic rings. The van der Waals surface area contributed by atoms with Crippen molar-refractivity contribution in [1.82, 2.24) is 9.78 Å². The molecule has 1 aromatic heterocycles. The molecule has 0 fully saturated rings. The minimum Gasteiger partial charge on any atom is -0.493 e. The molecular formula is C25H27F3N4O4. The lowest BCUT2D eigenvalue weighted by Crippen LogP contribution is -2.36. The number of hydrogen-bond donors (Lipinski definition) is 2. The third-order valence-corrected chi connectivity index (χ3v) is 6.34. The number of benzene rings is 2. The fraction of sp³-hybridized carbons (Fsp3) is 0.360. The SMILES string of the molecule is COc1cc([C@@H]2C[C@@H](C(F)(F)F)n3ncc(C(=O)Nc4ccc(C)c(C)c4)c3N2)cc(OC)c1OC. The molecule has 0 spiro atoms. The number of carbonyl (C=O) groups excluding carboxylic acids is 1. The summed E-state index contributed by atoms with van der Waals surface area (Å²) in [7, 11) is 4.30. The van der Waals surface area contributed by atoms with Crippen LogP contribution in [0.4, 0.5) is 24.7 Å². The van der Waals surface area contributed by atoms with Gasteiger partial charge in [-0.25, -0.2) is 4.68 Å². The van der Waals surface area contributed by atoms with E-state index in [9.17, 15) is 18.0 Å². The second-order valence-electron chi connectivity index (χ2n) is 8.55. The number of nitrogens with one attached hydrogen (secondary N) is 2. The zero-order valence-electron chi connectivity index (χ0n) is 20.5. The van der Waals surface area contributed by atoms with Crippen LogP contribution in [0.3, 0.4) is 0 Å². The molecule has 0 saturated carbocycles. The van der Waals surface area contributed by atoms with E-state index in [0.717, 1.165) is 22.0 Å². The van der Waals surface area contributed by atoms with Gasteiger partial charge in [0.2, 0.25) is 5.75 Å². The Labute approximate surface area is 206 Å². The quantitative estimate of drug-likeness (QED) is 0.465. The van der Waals surface area contributed by atoms with E-state index in [0.29, 0.717) is 28.5 Å². The average molecular weight is 505 g/mol. The number of methoxy groups -OCH3 is 3. The van der Waals surface area contributed by atoms with E-state index in [1.165, 1.54) is 21.3 Å². The monoisotopic (exact) mass is 504 g/mol. The van der Waals surface area contributed by atoms with E-state index in [1.54, 1.807) is 24.3 Å². The van der Waals surface area contributed by atoms with Gasteiger partial charge in [-0.3, -0.25) is 4.79 Å². The summed E-state index contributed by atoms with van der Waals surface area (Å²) in [5.74, 6) is 0.348. The first kappa shape index (κ1) is 25.2. The van der Waals surface area contributed by atoms with E-state index in [1.807, 2.05) is 19.9 Å². The lowest BCUT2D eigenvalue weighted by atomic mass is 9.95. The van der Waals surface area contributed by atoms with Crippen molar-refractivity contribution >= 4 is 17.4 Å². The van der Waals surface area contributed by atoms with Crippen LogP contribution in [0.5, 0.6) is 17.2 Å². The summed E-state index contributed by atoms with van der Waals surface area (Å²) < 4.78 is 59.2. The Morgan fingerprint density at radius 3 is 2.28 bits per heavy atom. The molecule has 0 aliphatic carbocycles. The van der Waals surface area contributed by atoms with Gasteiger partial charge in [0.25, 0.3) is 5.91 Å². The van der Waals surface area contributed by atoms with Crippen molar-refractivity contribution in [1.29, 1.82) is 0 Å². The molecule has 2 aromatic carbocycles. The Morgan fingerprint density at radius 2 is 1.72 bits per heavy atom. The number of nitrogens with zero attached hydrogens (tertiary/aromatic N) is 2. The number of alkyl halides is 3. The molecule has 2 heterocycles. The molecule has 4 rings (SSSR count). The highest BCUT2D eigenvalue weighted by molar-refractivity contribution is 6.07. The zero-order valence-corrected chi connectivity index (χ0v) is 20.5. The van der Waals surface area contributed by atoms with Crippen molar-refractivity contribution in [2.75, 3.05) is 32.0 Å². The van der Waals surface area contributed by atoms with E-state index in [4.69, 9.17) is 14.2 Å². The normalized spacial score (nSPS) is 17.1. The number of hydrogen-bond acceptors (Lipinski definition) is 6. The van der Waals surface area contributed by atoms with Crippen molar-refractivity contribution in [3.8, 4) is 17.2 Å². The van der Waals surface area contributed by atoms with Crippen LogP contribution >= 0.6 is 0 Å². The minimum absolute atomic E-state index is 0.000352. The number of anilines is 2. The molecular weight excluding hydrogens is 477 g/mol. The average Bonchev–Trinajstić information content (AvgIpc) is 3.28. The van der Waals surface area contributed by atoms with Gasteiger partial charge in [-0.2, -0.15) is 18.3 Å². The van der Waals surface area contributed by atoms with Crippen molar-refractivity contribution in [2.45, 2.75) is 38.5 Å². The summed E-state index contributed by atoms with van der Waals surface area (Å²) in [5, 5.41) is 9.76. The molecule has 11 heteroatoms. The van der Waals surface area contributed by atoms with Crippen molar-refractivity contribution in [3.05, 3.63) is 58.8 Å². The number of amides is 1. The first-order chi connectivity index (χ1) is 17.1. The maximum atomic E-state index is 14.1. The summed E-state index contributed by atoms with van der Waals surface area (Å²) in [5.41, 5.74) is 3.04. The van der Waals surface area contributed by atoms with Crippen LogP contribution in [-0.4, -0.2) is 43.2 Å². The Balaban J connectivity index is 1.73. The highest BCUT2D eigenvalue weighted by atomic mass is 19.4. The Kier molecular flexibility index (Phi) is 6.75. The lowest BCUT2D eigenvalue weighted by Gasteiger charge is -2.34. The molecule has 8 nitrogen and oxygen atoms in total. The van der Waals surface area contributed by atoms with Crippen LogP contribution in [0.25, 0.3) is 0 Å². The van der Waals surface area contributed by atoms with Gasteiger partial charge >= 0.3 is 6.18 Å².